The van der Waals surface area contributed by atoms with Crippen LogP contribution in [0.2, 0.25) is 0 Å². The van der Waals surface area contributed by atoms with E-state index in [2.05, 4.69) is 22.8 Å². The zero-order chi connectivity index (χ0) is 14.5. The van der Waals surface area contributed by atoms with Gasteiger partial charge in [-0.2, -0.15) is 0 Å². The van der Waals surface area contributed by atoms with Crippen LogP contribution in [0.1, 0.15) is 31.7 Å². The van der Waals surface area contributed by atoms with Gasteiger partial charge in [0.05, 0.1) is 0 Å². The van der Waals surface area contributed by atoms with Crippen LogP contribution in [0.25, 0.3) is 0 Å². The first-order valence-corrected chi connectivity index (χ1v) is 6.90. The number of carbonyl (C=O) groups is 2. The predicted octanol–water partition coefficient (Wildman–Crippen LogP) is 3.25. The molecule has 4 nitrogen and oxygen atoms in total. The highest BCUT2D eigenvalue weighted by molar-refractivity contribution is 5.95. The number of rotatable bonds is 4. The Hall–Kier alpha value is -2.10. The van der Waals surface area contributed by atoms with Crippen molar-refractivity contribution in [3.8, 4) is 0 Å². The Labute approximate surface area is 119 Å². The van der Waals surface area contributed by atoms with Crippen molar-refractivity contribution in [1.82, 2.24) is 0 Å². The highest BCUT2D eigenvalue weighted by atomic mass is 16.2. The monoisotopic (exact) mass is 272 g/mol. The van der Waals surface area contributed by atoms with Gasteiger partial charge in [0.1, 0.15) is 0 Å². The number of nitrogens with one attached hydrogen (secondary N) is 2. The number of hydrogen-bond acceptors (Lipinski definition) is 2. The molecule has 0 radical (unpaired) electrons. The van der Waals surface area contributed by atoms with Crippen molar-refractivity contribution in [2.24, 2.45) is 5.92 Å². The summed E-state index contributed by atoms with van der Waals surface area (Å²) in [5.74, 6) is 0.256. The first kappa shape index (κ1) is 14.3. The minimum Gasteiger partial charge on any atom is -0.326 e. The summed E-state index contributed by atoms with van der Waals surface area (Å²) in [5.41, 5.74) is 2.36. The molecule has 1 unspecified atom stereocenters. The number of hydrogen-bond donors (Lipinski definition) is 2. The van der Waals surface area contributed by atoms with Crippen LogP contribution < -0.4 is 10.6 Å². The molecule has 0 saturated heterocycles. The van der Waals surface area contributed by atoms with E-state index in [1.807, 2.05) is 25.1 Å². The maximum atomic E-state index is 12.0. The third-order valence-corrected chi connectivity index (χ3v) is 3.48. The lowest BCUT2D eigenvalue weighted by molar-refractivity contribution is -0.117. The summed E-state index contributed by atoms with van der Waals surface area (Å²) in [7, 11) is 0. The van der Waals surface area contributed by atoms with E-state index in [0.717, 1.165) is 29.8 Å². The van der Waals surface area contributed by atoms with Gasteiger partial charge in [0.2, 0.25) is 11.8 Å². The molecule has 2 amide bonds. The standard InChI is InChI=1S/C16H20N2O2/c1-11-14(17-12(2)19)8-5-9-15(11)18-16(20)10-13-6-3-4-7-13/h3,5-6,8-9,13H,4,7,10H2,1-2H3,(H,17,19)(H,18,20). The molecule has 0 aliphatic heterocycles. The molecular formula is C16H20N2O2. The summed E-state index contributed by atoms with van der Waals surface area (Å²) in [6.07, 6.45) is 6.87. The second-order valence-corrected chi connectivity index (χ2v) is 5.18. The molecule has 4 heteroatoms. The fourth-order valence-corrected chi connectivity index (χ4v) is 2.40. The van der Waals surface area contributed by atoms with Crippen molar-refractivity contribution in [2.75, 3.05) is 10.6 Å². The van der Waals surface area contributed by atoms with Gasteiger partial charge < -0.3 is 10.6 Å². The lowest BCUT2D eigenvalue weighted by Gasteiger charge is -2.14. The van der Waals surface area contributed by atoms with Crippen LogP contribution in [0.4, 0.5) is 11.4 Å². The minimum absolute atomic E-state index is 0.0182. The predicted molar refractivity (Wildman–Crippen MR) is 80.6 cm³/mol. The SMILES string of the molecule is CC(=O)Nc1cccc(NC(=O)CC2C=CCC2)c1C. The van der Waals surface area contributed by atoms with Crippen LogP contribution in [-0.2, 0) is 9.59 Å². The van der Waals surface area contributed by atoms with E-state index in [-0.39, 0.29) is 11.8 Å². The molecule has 0 heterocycles. The van der Waals surface area contributed by atoms with Gasteiger partial charge in [0.15, 0.2) is 0 Å². The van der Waals surface area contributed by atoms with Crippen molar-refractivity contribution in [1.29, 1.82) is 0 Å². The Kier molecular flexibility index (Phi) is 4.56. The van der Waals surface area contributed by atoms with Crippen LogP contribution >= 0.6 is 0 Å². The molecule has 0 bridgehead atoms. The molecule has 106 valence electrons. The second-order valence-electron chi connectivity index (χ2n) is 5.18. The number of benzene rings is 1. The smallest absolute Gasteiger partial charge is 0.224 e. The van der Waals surface area contributed by atoms with Gasteiger partial charge in [-0.3, -0.25) is 9.59 Å². The third-order valence-electron chi connectivity index (χ3n) is 3.48. The van der Waals surface area contributed by atoms with Crippen LogP contribution in [0.5, 0.6) is 0 Å². The zero-order valence-electron chi connectivity index (χ0n) is 11.9. The Morgan fingerprint density at radius 2 is 1.95 bits per heavy atom. The fraction of sp³-hybridized carbons (Fsp3) is 0.375. The first-order valence-electron chi connectivity index (χ1n) is 6.90. The van der Waals surface area contributed by atoms with E-state index < -0.39 is 0 Å². The van der Waals surface area contributed by atoms with Crippen LogP contribution in [0.15, 0.2) is 30.4 Å². The van der Waals surface area contributed by atoms with E-state index >= 15 is 0 Å². The molecule has 20 heavy (non-hydrogen) atoms. The van der Waals surface area contributed by atoms with Gasteiger partial charge in [-0.1, -0.05) is 18.2 Å². The Morgan fingerprint density at radius 1 is 1.25 bits per heavy atom. The summed E-state index contributed by atoms with van der Waals surface area (Å²) < 4.78 is 0. The number of allylic oxidation sites excluding steroid dienone is 2. The van der Waals surface area contributed by atoms with Gasteiger partial charge in [0.25, 0.3) is 0 Å². The lowest BCUT2D eigenvalue weighted by Crippen LogP contribution is -2.16. The molecule has 2 N–H and O–H groups in total. The van der Waals surface area contributed by atoms with Crippen LogP contribution in [0, 0.1) is 12.8 Å². The highest BCUT2D eigenvalue weighted by Gasteiger charge is 2.15. The quantitative estimate of drug-likeness (QED) is 0.827. The largest absolute Gasteiger partial charge is 0.326 e. The van der Waals surface area contributed by atoms with Crippen molar-refractivity contribution in [3.05, 3.63) is 35.9 Å². The van der Waals surface area contributed by atoms with E-state index in [1.165, 1.54) is 6.92 Å². The van der Waals surface area contributed by atoms with Gasteiger partial charge in [-0.25, -0.2) is 0 Å². The highest BCUT2D eigenvalue weighted by Crippen LogP contribution is 2.25. The lowest BCUT2D eigenvalue weighted by atomic mass is 10.0. The Bertz CT molecular complexity index is 549. The third kappa shape index (κ3) is 3.70. The molecule has 1 aromatic rings. The molecule has 0 aromatic heterocycles. The summed E-state index contributed by atoms with van der Waals surface area (Å²) >= 11 is 0. The summed E-state index contributed by atoms with van der Waals surface area (Å²) in [4.78, 5) is 23.1. The first-order chi connectivity index (χ1) is 9.56. The maximum absolute atomic E-state index is 12.0. The van der Waals surface area contributed by atoms with Crippen LogP contribution in [0.3, 0.4) is 0 Å². The summed E-state index contributed by atoms with van der Waals surface area (Å²) in [5, 5.41) is 5.69. The number of carbonyl (C=O) groups excluding carboxylic acids is 2. The van der Waals surface area contributed by atoms with Gasteiger partial charge >= 0.3 is 0 Å². The van der Waals surface area contributed by atoms with Crippen molar-refractivity contribution in [2.45, 2.75) is 33.1 Å². The molecule has 1 aliphatic carbocycles. The number of amides is 2. The average molecular weight is 272 g/mol. The zero-order valence-corrected chi connectivity index (χ0v) is 11.9. The van der Waals surface area contributed by atoms with E-state index in [1.54, 1.807) is 0 Å². The average Bonchev–Trinajstić information content (AvgIpc) is 2.86. The maximum Gasteiger partial charge on any atom is 0.224 e. The van der Waals surface area contributed by atoms with Crippen LogP contribution in [-0.4, -0.2) is 11.8 Å². The fourth-order valence-electron chi connectivity index (χ4n) is 2.40. The summed E-state index contributed by atoms with van der Waals surface area (Å²) in [6.45, 7) is 3.35. The van der Waals surface area contributed by atoms with Gasteiger partial charge in [-0.05, 0) is 43.4 Å². The van der Waals surface area contributed by atoms with E-state index in [0.29, 0.717) is 12.3 Å². The van der Waals surface area contributed by atoms with Gasteiger partial charge in [-0.15, -0.1) is 0 Å². The molecule has 1 aromatic carbocycles. The van der Waals surface area contributed by atoms with Gasteiger partial charge in [0, 0.05) is 24.7 Å². The van der Waals surface area contributed by atoms with Crippen molar-refractivity contribution >= 4 is 23.2 Å². The van der Waals surface area contributed by atoms with Crippen molar-refractivity contribution < 1.29 is 9.59 Å². The van der Waals surface area contributed by atoms with E-state index in [4.69, 9.17) is 0 Å². The Balaban J connectivity index is 2.03. The minimum atomic E-state index is -0.118. The van der Waals surface area contributed by atoms with E-state index in [9.17, 15) is 9.59 Å². The number of anilines is 2. The molecule has 0 saturated carbocycles. The molecule has 1 aliphatic rings. The van der Waals surface area contributed by atoms with Crippen molar-refractivity contribution in [3.63, 3.8) is 0 Å². The second kappa shape index (κ2) is 6.37. The Morgan fingerprint density at radius 3 is 2.55 bits per heavy atom. The molecule has 1 atom stereocenters. The summed E-state index contributed by atoms with van der Waals surface area (Å²) in [6, 6.07) is 5.50. The molecule has 0 spiro atoms. The molecule has 2 rings (SSSR count). The normalized spacial score (nSPS) is 17.0. The molecular weight excluding hydrogens is 252 g/mol. The topological polar surface area (TPSA) is 58.2 Å². The molecule has 0 fully saturated rings.